The Bertz CT molecular complexity index is 876. The van der Waals surface area contributed by atoms with Crippen molar-refractivity contribution in [2.24, 2.45) is 0 Å². The van der Waals surface area contributed by atoms with E-state index in [-0.39, 0.29) is 12.0 Å². The number of hydrogen-bond acceptors (Lipinski definition) is 7. The molecule has 0 spiro atoms. The molecule has 1 aliphatic heterocycles. The van der Waals surface area contributed by atoms with Gasteiger partial charge in [-0.05, 0) is 31.4 Å². The lowest BCUT2D eigenvalue weighted by Gasteiger charge is -2.23. The van der Waals surface area contributed by atoms with Gasteiger partial charge >= 0.3 is 0 Å². The van der Waals surface area contributed by atoms with E-state index < -0.39 is 0 Å². The molecule has 0 amide bonds. The van der Waals surface area contributed by atoms with E-state index >= 15 is 0 Å². The fourth-order valence-electron chi connectivity index (χ4n) is 2.87. The number of fused-ring (bicyclic) bond motifs is 1. The SMILES string of the molecule is Oc1cccc(Nc2nc(S)nc3c2ncn3C2CCCCO2)c1. The van der Waals surface area contributed by atoms with Gasteiger partial charge in [0.1, 0.15) is 12.0 Å². The Hall–Kier alpha value is -2.32. The van der Waals surface area contributed by atoms with Crippen molar-refractivity contribution in [2.45, 2.75) is 30.6 Å². The van der Waals surface area contributed by atoms with E-state index in [0.717, 1.165) is 25.9 Å². The van der Waals surface area contributed by atoms with E-state index in [2.05, 4.69) is 32.9 Å². The van der Waals surface area contributed by atoms with Gasteiger partial charge in [-0.1, -0.05) is 6.07 Å². The molecule has 7 nitrogen and oxygen atoms in total. The number of anilines is 2. The number of aromatic nitrogens is 4. The van der Waals surface area contributed by atoms with Gasteiger partial charge in [-0.25, -0.2) is 15.0 Å². The molecule has 1 unspecified atom stereocenters. The Morgan fingerprint density at radius 3 is 3.00 bits per heavy atom. The predicted molar refractivity (Wildman–Crippen MR) is 92.8 cm³/mol. The molecule has 1 saturated heterocycles. The van der Waals surface area contributed by atoms with Crippen molar-refractivity contribution in [1.29, 1.82) is 0 Å². The minimum Gasteiger partial charge on any atom is -0.508 e. The quantitative estimate of drug-likeness (QED) is 0.500. The van der Waals surface area contributed by atoms with Crippen LogP contribution in [-0.2, 0) is 4.74 Å². The average molecular weight is 343 g/mol. The van der Waals surface area contributed by atoms with Gasteiger partial charge < -0.3 is 15.2 Å². The van der Waals surface area contributed by atoms with Crippen LogP contribution in [0.15, 0.2) is 35.7 Å². The third-order valence-electron chi connectivity index (χ3n) is 3.98. The monoisotopic (exact) mass is 343 g/mol. The van der Waals surface area contributed by atoms with Crippen LogP contribution < -0.4 is 5.32 Å². The van der Waals surface area contributed by atoms with Crippen LogP contribution >= 0.6 is 12.6 Å². The highest BCUT2D eigenvalue weighted by atomic mass is 32.1. The van der Waals surface area contributed by atoms with E-state index in [0.29, 0.717) is 27.8 Å². The van der Waals surface area contributed by atoms with Gasteiger partial charge in [0.2, 0.25) is 0 Å². The van der Waals surface area contributed by atoms with Crippen LogP contribution in [0.5, 0.6) is 5.75 Å². The fourth-order valence-corrected chi connectivity index (χ4v) is 3.06. The lowest BCUT2D eigenvalue weighted by Crippen LogP contribution is -2.17. The number of ether oxygens (including phenoxy) is 1. The first kappa shape index (κ1) is 15.2. The average Bonchev–Trinajstić information content (AvgIpc) is 2.99. The molecule has 0 radical (unpaired) electrons. The van der Waals surface area contributed by atoms with Gasteiger partial charge in [-0.15, -0.1) is 12.6 Å². The van der Waals surface area contributed by atoms with Crippen LogP contribution in [0.4, 0.5) is 11.5 Å². The number of benzene rings is 1. The molecule has 1 fully saturated rings. The van der Waals surface area contributed by atoms with Crippen LogP contribution in [0.1, 0.15) is 25.5 Å². The molecule has 8 heteroatoms. The van der Waals surface area contributed by atoms with Crippen LogP contribution in [0.3, 0.4) is 0 Å². The molecule has 1 aromatic carbocycles. The number of rotatable bonds is 3. The molecule has 3 aromatic rings. The Balaban J connectivity index is 1.74. The zero-order valence-corrected chi connectivity index (χ0v) is 13.8. The fraction of sp³-hybridized carbons (Fsp3) is 0.312. The molecule has 2 N–H and O–H groups in total. The zero-order chi connectivity index (χ0) is 16.5. The summed E-state index contributed by atoms with van der Waals surface area (Å²) in [6.07, 6.45) is 4.82. The maximum Gasteiger partial charge on any atom is 0.188 e. The van der Waals surface area contributed by atoms with Crippen molar-refractivity contribution in [3.8, 4) is 5.75 Å². The first-order valence-corrected chi connectivity index (χ1v) is 8.26. The first-order valence-electron chi connectivity index (χ1n) is 7.82. The molecule has 0 aliphatic carbocycles. The van der Waals surface area contributed by atoms with E-state index in [9.17, 15) is 5.11 Å². The molecule has 1 atom stereocenters. The number of phenols is 1. The van der Waals surface area contributed by atoms with Gasteiger partial charge in [0.05, 0.1) is 6.33 Å². The summed E-state index contributed by atoms with van der Waals surface area (Å²) >= 11 is 4.31. The number of phenolic OH excluding ortho intramolecular Hbond substituents is 1. The van der Waals surface area contributed by atoms with Gasteiger partial charge in [0.25, 0.3) is 0 Å². The van der Waals surface area contributed by atoms with Crippen LogP contribution in [0, 0.1) is 0 Å². The van der Waals surface area contributed by atoms with E-state index in [4.69, 9.17) is 4.74 Å². The third kappa shape index (κ3) is 2.90. The summed E-state index contributed by atoms with van der Waals surface area (Å²) in [4.78, 5) is 13.2. The Morgan fingerprint density at radius 1 is 1.29 bits per heavy atom. The highest BCUT2D eigenvalue weighted by Crippen LogP contribution is 2.30. The van der Waals surface area contributed by atoms with E-state index in [1.807, 2.05) is 10.6 Å². The van der Waals surface area contributed by atoms with E-state index in [1.165, 1.54) is 0 Å². The summed E-state index contributed by atoms with van der Waals surface area (Å²) in [5.41, 5.74) is 2.04. The highest BCUT2D eigenvalue weighted by molar-refractivity contribution is 7.80. The molecular weight excluding hydrogens is 326 g/mol. The van der Waals surface area contributed by atoms with E-state index in [1.54, 1.807) is 24.5 Å². The van der Waals surface area contributed by atoms with Crippen molar-refractivity contribution >= 4 is 35.3 Å². The second-order valence-corrected chi connectivity index (χ2v) is 6.09. The smallest absolute Gasteiger partial charge is 0.188 e. The summed E-state index contributed by atoms with van der Waals surface area (Å²) in [6, 6.07) is 6.83. The third-order valence-corrected chi connectivity index (χ3v) is 4.18. The zero-order valence-electron chi connectivity index (χ0n) is 12.9. The van der Waals surface area contributed by atoms with Crippen molar-refractivity contribution in [3.05, 3.63) is 30.6 Å². The Labute approximate surface area is 144 Å². The Kier molecular flexibility index (Phi) is 3.99. The summed E-state index contributed by atoms with van der Waals surface area (Å²) < 4.78 is 7.76. The molecular formula is C16H17N5O2S. The number of aromatic hydroxyl groups is 1. The molecule has 24 heavy (non-hydrogen) atoms. The normalized spacial score (nSPS) is 18.0. The van der Waals surface area contributed by atoms with Gasteiger partial charge in [-0.2, -0.15) is 0 Å². The number of hydrogen-bond donors (Lipinski definition) is 3. The van der Waals surface area contributed by atoms with Crippen molar-refractivity contribution in [1.82, 2.24) is 19.5 Å². The largest absolute Gasteiger partial charge is 0.508 e. The number of imidazole rings is 1. The highest BCUT2D eigenvalue weighted by Gasteiger charge is 2.21. The number of thiol groups is 1. The first-order chi connectivity index (χ1) is 11.7. The van der Waals surface area contributed by atoms with Crippen molar-refractivity contribution < 1.29 is 9.84 Å². The molecule has 4 rings (SSSR count). The summed E-state index contributed by atoms with van der Waals surface area (Å²) in [7, 11) is 0. The number of nitrogens with zero attached hydrogens (tertiary/aromatic N) is 4. The van der Waals surface area contributed by atoms with Gasteiger partial charge in [0.15, 0.2) is 22.1 Å². The minimum atomic E-state index is -0.0556. The van der Waals surface area contributed by atoms with Crippen LogP contribution in [0.2, 0.25) is 0 Å². The summed E-state index contributed by atoms with van der Waals surface area (Å²) in [6.45, 7) is 0.748. The molecule has 0 bridgehead atoms. The topological polar surface area (TPSA) is 85.1 Å². The maximum absolute atomic E-state index is 9.61. The molecule has 1 aliphatic rings. The van der Waals surface area contributed by atoms with Crippen molar-refractivity contribution in [3.63, 3.8) is 0 Å². The van der Waals surface area contributed by atoms with Crippen molar-refractivity contribution in [2.75, 3.05) is 11.9 Å². The molecule has 124 valence electrons. The second kappa shape index (κ2) is 6.29. The summed E-state index contributed by atoms with van der Waals surface area (Å²) in [5, 5.41) is 13.1. The lowest BCUT2D eigenvalue weighted by molar-refractivity contribution is -0.0298. The molecule has 2 aromatic heterocycles. The second-order valence-electron chi connectivity index (χ2n) is 5.69. The number of nitrogens with one attached hydrogen (secondary N) is 1. The lowest BCUT2D eigenvalue weighted by atomic mass is 10.2. The maximum atomic E-state index is 9.61. The predicted octanol–water partition coefficient (Wildman–Crippen LogP) is 3.26. The van der Waals surface area contributed by atoms with Gasteiger partial charge in [-0.3, -0.25) is 4.57 Å². The Morgan fingerprint density at radius 2 is 2.21 bits per heavy atom. The van der Waals surface area contributed by atoms with Crippen LogP contribution in [-0.4, -0.2) is 31.2 Å². The summed E-state index contributed by atoms with van der Waals surface area (Å²) in [5.74, 6) is 0.725. The standard InChI is InChI=1S/C16H17N5O2S/c22-11-5-3-4-10(8-11)18-14-13-15(20-16(24)19-14)21(9-17-13)12-6-1-2-7-23-12/h3-5,8-9,12,22H,1-2,6-7H2,(H2,18,19,20,24). The van der Waals surface area contributed by atoms with Gasteiger partial charge in [0, 0.05) is 18.4 Å². The molecule has 0 saturated carbocycles. The van der Waals surface area contributed by atoms with Crippen LogP contribution in [0.25, 0.3) is 11.2 Å². The minimum absolute atomic E-state index is 0.0556. The molecule has 3 heterocycles.